The van der Waals surface area contributed by atoms with Gasteiger partial charge in [-0.25, -0.2) is 13.5 Å². The number of fused-ring (bicyclic) bond motifs is 1. The van der Waals surface area contributed by atoms with E-state index >= 15 is 0 Å². The highest BCUT2D eigenvalue weighted by molar-refractivity contribution is 5.93. The SMILES string of the molecule is O=c1c2ccccc2c(-c2ccc(F)cc2)nn1C[C@@H](O)c1ccccc1F. The predicted molar refractivity (Wildman–Crippen MR) is 103 cm³/mol. The van der Waals surface area contributed by atoms with Crippen molar-refractivity contribution >= 4 is 10.8 Å². The van der Waals surface area contributed by atoms with Crippen LogP contribution in [0.4, 0.5) is 8.78 Å². The van der Waals surface area contributed by atoms with Gasteiger partial charge in [-0.15, -0.1) is 0 Å². The third kappa shape index (κ3) is 3.30. The molecule has 4 aromatic rings. The highest BCUT2D eigenvalue weighted by Gasteiger charge is 2.17. The number of hydrogen-bond acceptors (Lipinski definition) is 3. The molecule has 28 heavy (non-hydrogen) atoms. The molecule has 1 atom stereocenters. The number of benzene rings is 3. The number of hydrogen-bond donors (Lipinski definition) is 1. The summed E-state index contributed by atoms with van der Waals surface area (Å²) in [6.07, 6.45) is -1.24. The van der Waals surface area contributed by atoms with Crippen molar-refractivity contribution in [2.24, 2.45) is 0 Å². The van der Waals surface area contributed by atoms with Crippen molar-refractivity contribution in [2.45, 2.75) is 12.6 Å². The number of halogens is 2. The van der Waals surface area contributed by atoms with Gasteiger partial charge in [0.05, 0.1) is 17.6 Å². The van der Waals surface area contributed by atoms with Crippen LogP contribution in [0.5, 0.6) is 0 Å². The van der Waals surface area contributed by atoms with Crippen molar-refractivity contribution in [3.05, 3.63) is 100 Å². The van der Waals surface area contributed by atoms with E-state index in [-0.39, 0.29) is 17.9 Å². The maximum atomic E-state index is 14.0. The molecule has 4 rings (SSSR count). The fourth-order valence-corrected chi connectivity index (χ4v) is 3.19. The van der Waals surface area contributed by atoms with E-state index < -0.39 is 17.5 Å². The molecule has 0 saturated heterocycles. The van der Waals surface area contributed by atoms with E-state index in [0.29, 0.717) is 22.0 Å². The number of aromatic nitrogens is 2. The second kappa shape index (κ2) is 7.32. The number of nitrogens with zero attached hydrogens (tertiary/aromatic N) is 2. The Hall–Kier alpha value is -3.38. The molecule has 1 heterocycles. The summed E-state index contributed by atoms with van der Waals surface area (Å²) in [6, 6.07) is 18.6. The van der Waals surface area contributed by atoms with E-state index in [1.54, 1.807) is 42.5 Å². The van der Waals surface area contributed by atoms with Gasteiger partial charge in [0.1, 0.15) is 17.7 Å². The molecule has 0 saturated carbocycles. The lowest BCUT2D eigenvalue weighted by atomic mass is 10.0. The van der Waals surface area contributed by atoms with Crippen molar-refractivity contribution in [3.8, 4) is 11.3 Å². The first-order chi connectivity index (χ1) is 13.5. The zero-order valence-electron chi connectivity index (χ0n) is 14.7. The Bertz CT molecular complexity index is 1200. The minimum Gasteiger partial charge on any atom is -0.386 e. The maximum absolute atomic E-state index is 14.0. The molecule has 1 N–H and O–H groups in total. The molecule has 0 aliphatic carbocycles. The van der Waals surface area contributed by atoms with Crippen LogP contribution in [0.3, 0.4) is 0 Å². The van der Waals surface area contributed by atoms with Crippen LogP contribution >= 0.6 is 0 Å². The molecule has 4 nitrogen and oxygen atoms in total. The molecule has 0 amide bonds. The van der Waals surface area contributed by atoms with Gasteiger partial charge in [-0.2, -0.15) is 5.10 Å². The van der Waals surface area contributed by atoms with Gasteiger partial charge < -0.3 is 5.11 Å². The van der Waals surface area contributed by atoms with E-state index in [1.165, 1.54) is 30.3 Å². The summed E-state index contributed by atoms with van der Waals surface area (Å²) in [5, 5.41) is 15.9. The molecule has 0 aliphatic heterocycles. The van der Waals surface area contributed by atoms with Gasteiger partial charge in [0.2, 0.25) is 0 Å². The Labute approximate surface area is 159 Å². The Morgan fingerprint density at radius 2 is 1.54 bits per heavy atom. The highest BCUT2D eigenvalue weighted by atomic mass is 19.1. The molecule has 0 unspecified atom stereocenters. The molecule has 0 spiro atoms. The van der Waals surface area contributed by atoms with Crippen LogP contribution in [-0.2, 0) is 6.54 Å². The third-order valence-electron chi connectivity index (χ3n) is 4.60. The lowest BCUT2D eigenvalue weighted by Crippen LogP contribution is -2.27. The molecular weight excluding hydrogens is 362 g/mol. The van der Waals surface area contributed by atoms with Crippen molar-refractivity contribution in [3.63, 3.8) is 0 Å². The van der Waals surface area contributed by atoms with Crippen molar-refractivity contribution in [1.29, 1.82) is 0 Å². The second-order valence-electron chi connectivity index (χ2n) is 6.43. The summed E-state index contributed by atoms with van der Waals surface area (Å²) in [5.41, 5.74) is 0.812. The topological polar surface area (TPSA) is 55.1 Å². The largest absolute Gasteiger partial charge is 0.386 e. The zero-order valence-corrected chi connectivity index (χ0v) is 14.7. The van der Waals surface area contributed by atoms with E-state index in [9.17, 15) is 18.7 Å². The maximum Gasteiger partial charge on any atom is 0.274 e. The smallest absolute Gasteiger partial charge is 0.274 e. The van der Waals surface area contributed by atoms with E-state index in [4.69, 9.17) is 0 Å². The molecule has 140 valence electrons. The van der Waals surface area contributed by atoms with Gasteiger partial charge in [0.15, 0.2) is 0 Å². The van der Waals surface area contributed by atoms with Gasteiger partial charge in [-0.1, -0.05) is 36.4 Å². The van der Waals surface area contributed by atoms with Crippen LogP contribution in [0.2, 0.25) is 0 Å². The average Bonchev–Trinajstić information content (AvgIpc) is 2.71. The number of aliphatic hydroxyl groups is 1. The molecule has 0 fully saturated rings. The average molecular weight is 378 g/mol. The van der Waals surface area contributed by atoms with E-state index in [0.717, 1.165) is 4.68 Å². The Morgan fingerprint density at radius 1 is 0.893 bits per heavy atom. The molecule has 1 aromatic heterocycles. The van der Waals surface area contributed by atoms with E-state index in [2.05, 4.69) is 5.10 Å². The lowest BCUT2D eigenvalue weighted by Gasteiger charge is -2.15. The standard InChI is InChI=1S/C22H16F2N2O2/c23-15-11-9-14(10-12-15)21-16-5-1-2-6-17(16)22(28)26(25-21)13-20(27)18-7-3-4-8-19(18)24/h1-12,20,27H,13H2/t20-/m1/s1. The fraction of sp³-hybridized carbons (Fsp3) is 0.0909. The van der Waals surface area contributed by atoms with Crippen molar-refractivity contribution < 1.29 is 13.9 Å². The number of aliphatic hydroxyl groups excluding tert-OH is 1. The van der Waals surface area contributed by atoms with Crippen LogP contribution in [0.25, 0.3) is 22.0 Å². The highest BCUT2D eigenvalue weighted by Crippen LogP contribution is 2.25. The summed E-state index contributed by atoms with van der Waals surface area (Å²) in [5.74, 6) is -0.932. The van der Waals surface area contributed by atoms with Crippen LogP contribution in [0.1, 0.15) is 11.7 Å². The van der Waals surface area contributed by atoms with Gasteiger partial charge in [0, 0.05) is 16.5 Å². The monoisotopic (exact) mass is 378 g/mol. The summed E-state index contributed by atoms with van der Waals surface area (Å²) < 4.78 is 28.4. The predicted octanol–water partition coefficient (Wildman–Crippen LogP) is 4.08. The van der Waals surface area contributed by atoms with Crippen LogP contribution in [0, 0.1) is 11.6 Å². The van der Waals surface area contributed by atoms with Crippen LogP contribution in [0.15, 0.2) is 77.6 Å². The summed E-state index contributed by atoms with van der Waals surface area (Å²) in [6.45, 7) is -0.210. The first-order valence-corrected chi connectivity index (χ1v) is 8.73. The van der Waals surface area contributed by atoms with Crippen LogP contribution < -0.4 is 5.56 Å². The Balaban J connectivity index is 1.85. The molecule has 0 aliphatic rings. The summed E-state index contributed by atoms with van der Waals surface area (Å²) in [7, 11) is 0. The molecule has 6 heteroatoms. The minimum absolute atomic E-state index is 0.0905. The first-order valence-electron chi connectivity index (χ1n) is 8.73. The third-order valence-corrected chi connectivity index (χ3v) is 4.60. The van der Waals surface area contributed by atoms with Gasteiger partial charge in [0.25, 0.3) is 5.56 Å². The minimum atomic E-state index is -1.24. The molecular formula is C22H16F2N2O2. The van der Waals surface area contributed by atoms with Gasteiger partial charge in [-0.3, -0.25) is 4.79 Å². The molecule has 0 radical (unpaired) electrons. The first kappa shape index (κ1) is 18.0. The summed E-state index contributed by atoms with van der Waals surface area (Å²) in [4.78, 5) is 12.9. The zero-order chi connectivity index (χ0) is 19.7. The lowest BCUT2D eigenvalue weighted by molar-refractivity contribution is 0.145. The van der Waals surface area contributed by atoms with Gasteiger partial charge in [-0.05, 0) is 36.4 Å². The number of rotatable bonds is 4. The Morgan fingerprint density at radius 3 is 2.25 bits per heavy atom. The molecule has 3 aromatic carbocycles. The second-order valence-corrected chi connectivity index (χ2v) is 6.43. The quantitative estimate of drug-likeness (QED) is 0.582. The summed E-state index contributed by atoms with van der Waals surface area (Å²) >= 11 is 0. The van der Waals surface area contributed by atoms with E-state index in [1.807, 2.05) is 0 Å². The molecule has 0 bridgehead atoms. The van der Waals surface area contributed by atoms with Crippen LogP contribution in [-0.4, -0.2) is 14.9 Å². The van der Waals surface area contributed by atoms with Gasteiger partial charge >= 0.3 is 0 Å². The van der Waals surface area contributed by atoms with Crippen molar-refractivity contribution in [2.75, 3.05) is 0 Å². The normalized spacial score (nSPS) is 12.2. The van der Waals surface area contributed by atoms with Crippen molar-refractivity contribution in [1.82, 2.24) is 9.78 Å². The Kier molecular flexibility index (Phi) is 4.71. The fourth-order valence-electron chi connectivity index (χ4n) is 3.19.